The predicted octanol–water partition coefficient (Wildman–Crippen LogP) is 3.60. The summed E-state index contributed by atoms with van der Waals surface area (Å²) in [4.78, 5) is 19.2. The number of aromatic nitrogens is 4. The van der Waals surface area contributed by atoms with Gasteiger partial charge in [0, 0.05) is 36.3 Å². The summed E-state index contributed by atoms with van der Waals surface area (Å²) in [6.07, 6.45) is 5.93. The first kappa shape index (κ1) is 15.2. The van der Waals surface area contributed by atoms with Crippen molar-refractivity contribution in [2.45, 2.75) is 18.8 Å². The van der Waals surface area contributed by atoms with Gasteiger partial charge in [-0.3, -0.25) is 0 Å². The van der Waals surface area contributed by atoms with E-state index in [0.29, 0.717) is 16.9 Å². The average molecular weight is 344 g/mol. The van der Waals surface area contributed by atoms with Gasteiger partial charge >= 0.3 is 0 Å². The molecule has 24 heavy (non-hydrogen) atoms. The number of nitrogens with zero attached hydrogens (tertiary/aromatic N) is 5. The average Bonchev–Trinajstić information content (AvgIpc) is 2.62. The summed E-state index contributed by atoms with van der Waals surface area (Å²) in [5.41, 5.74) is 1.78. The van der Waals surface area contributed by atoms with Crippen LogP contribution in [0.2, 0.25) is 5.02 Å². The molecule has 0 amide bonds. The standard InChI is InChI=1S/C17H15ClFN5/c18-13-7-12-1-2-15(23-16(12)20-8-13)11-3-5-24(6-4-11)17-21-9-14(19)10-22-17/h1-2,7-11H,3-6H2. The third-order valence-corrected chi connectivity index (χ3v) is 4.54. The molecule has 122 valence electrons. The summed E-state index contributed by atoms with van der Waals surface area (Å²) in [7, 11) is 0. The van der Waals surface area contributed by atoms with Crippen molar-refractivity contribution < 1.29 is 4.39 Å². The SMILES string of the molecule is Fc1cnc(N2CCC(c3ccc4cc(Cl)cnc4n3)CC2)nc1. The number of anilines is 1. The molecular weight excluding hydrogens is 329 g/mol. The number of fused-ring (bicyclic) bond motifs is 1. The van der Waals surface area contributed by atoms with Gasteiger partial charge in [0.2, 0.25) is 5.95 Å². The minimum atomic E-state index is -0.415. The Morgan fingerprint density at radius 1 is 1.04 bits per heavy atom. The van der Waals surface area contributed by atoms with Crippen LogP contribution in [0.5, 0.6) is 0 Å². The highest BCUT2D eigenvalue weighted by Gasteiger charge is 2.23. The maximum atomic E-state index is 12.9. The van der Waals surface area contributed by atoms with Crippen molar-refractivity contribution in [3.05, 3.63) is 53.3 Å². The zero-order chi connectivity index (χ0) is 16.5. The highest BCUT2D eigenvalue weighted by atomic mass is 35.5. The fraction of sp³-hybridized carbons (Fsp3) is 0.294. The van der Waals surface area contributed by atoms with E-state index in [1.54, 1.807) is 6.20 Å². The van der Waals surface area contributed by atoms with E-state index in [0.717, 1.165) is 42.7 Å². The lowest BCUT2D eigenvalue weighted by Crippen LogP contribution is -2.34. The van der Waals surface area contributed by atoms with Crippen LogP contribution in [0.4, 0.5) is 10.3 Å². The Morgan fingerprint density at radius 2 is 1.79 bits per heavy atom. The van der Waals surface area contributed by atoms with E-state index in [4.69, 9.17) is 11.6 Å². The van der Waals surface area contributed by atoms with Crippen LogP contribution in [0, 0.1) is 5.82 Å². The maximum absolute atomic E-state index is 12.9. The molecule has 5 nitrogen and oxygen atoms in total. The zero-order valence-corrected chi connectivity index (χ0v) is 13.6. The first-order valence-corrected chi connectivity index (χ1v) is 8.21. The fourth-order valence-corrected chi connectivity index (χ4v) is 3.24. The lowest BCUT2D eigenvalue weighted by Gasteiger charge is -2.31. The molecule has 0 saturated carbocycles. The molecular formula is C17H15ClFN5. The summed E-state index contributed by atoms with van der Waals surface area (Å²) in [6, 6.07) is 5.94. The quantitative estimate of drug-likeness (QED) is 0.711. The van der Waals surface area contributed by atoms with E-state index in [1.165, 1.54) is 12.4 Å². The number of hydrogen-bond donors (Lipinski definition) is 0. The first-order chi connectivity index (χ1) is 11.7. The van der Waals surface area contributed by atoms with Crippen molar-refractivity contribution >= 4 is 28.6 Å². The summed E-state index contributed by atoms with van der Waals surface area (Å²) in [5, 5.41) is 1.56. The van der Waals surface area contributed by atoms with Crippen LogP contribution >= 0.6 is 11.6 Å². The molecule has 3 aromatic rings. The molecule has 0 atom stereocenters. The molecule has 3 aromatic heterocycles. The van der Waals surface area contributed by atoms with Crippen LogP contribution in [0.25, 0.3) is 11.0 Å². The lowest BCUT2D eigenvalue weighted by atomic mass is 9.93. The second kappa shape index (κ2) is 6.28. The highest BCUT2D eigenvalue weighted by molar-refractivity contribution is 6.31. The van der Waals surface area contributed by atoms with Crippen molar-refractivity contribution in [2.75, 3.05) is 18.0 Å². The molecule has 0 bridgehead atoms. The molecule has 7 heteroatoms. The second-order valence-electron chi connectivity index (χ2n) is 5.90. The molecule has 0 N–H and O–H groups in total. The first-order valence-electron chi connectivity index (χ1n) is 7.84. The molecule has 0 aromatic carbocycles. The molecule has 0 spiro atoms. The van der Waals surface area contributed by atoms with Crippen LogP contribution < -0.4 is 4.90 Å². The molecule has 0 radical (unpaired) electrons. The molecule has 4 rings (SSSR count). The lowest BCUT2D eigenvalue weighted by molar-refractivity contribution is 0.490. The van der Waals surface area contributed by atoms with E-state index in [-0.39, 0.29) is 0 Å². The van der Waals surface area contributed by atoms with Crippen molar-refractivity contribution in [2.24, 2.45) is 0 Å². The van der Waals surface area contributed by atoms with Crippen molar-refractivity contribution in [3.63, 3.8) is 0 Å². The van der Waals surface area contributed by atoms with Gasteiger partial charge in [0.05, 0.1) is 17.4 Å². The van der Waals surface area contributed by atoms with Crippen molar-refractivity contribution in [1.82, 2.24) is 19.9 Å². The van der Waals surface area contributed by atoms with E-state index < -0.39 is 5.82 Å². The molecule has 1 fully saturated rings. The Kier molecular flexibility index (Phi) is 3.98. The van der Waals surface area contributed by atoms with Gasteiger partial charge in [0.15, 0.2) is 11.5 Å². The Bertz CT molecular complexity index is 862. The van der Waals surface area contributed by atoms with Crippen molar-refractivity contribution in [1.29, 1.82) is 0 Å². The molecule has 4 heterocycles. The second-order valence-corrected chi connectivity index (χ2v) is 6.34. The summed E-state index contributed by atoms with van der Waals surface area (Å²) in [6.45, 7) is 1.65. The summed E-state index contributed by atoms with van der Waals surface area (Å²) < 4.78 is 12.9. The van der Waals surface area contributed by atoms with Gasteiger partial charge in [-0.05, 0) is 31.0 Å². The van der Waals surface area contributed by atoms with E-state index >= 15 is 0 Å². The summed E-state index contributed by atoms with van der Waals surface area (Å²) in [5.74, 6) is 0.544. The highest BCUT2D eigenvalue weighted by Crippen LogP contribution is 2.29. The molecule has 0 unspecified atom stereocenters. The van der Waals surface area contributed by atoms with Crippen LogP contribution in [0.15, 0.2) is 36.8 Å². The van der Waals surface area contributed by atoms with Gasteiger partial charge in [-0.2, -0.15) is 0 Å². The number of hydrogen-bond acceptors (Lipinski definition) is 5. The Balaban J connectivity index is 1.49. The minimum absolute atomic E-state index is 0.378. The van der Waals surface area contributed by atoms with Gasteiger partial charge in [-0.25, -0.2) is 24.3 Å². The van der Waals surface area contributed by atoms with Gasteiger partial charge in [0.1, 0.15) is 0 Å². The minimum Gasteiger partial charge on any atom is -0.341 e. The third kappa shape index (κ3) is 3.01. The third-order valence-electron chi connectivity index (χ3n) is 4.33. The normalized spacial score (nSPS) is 15.8. The zero-order valence-electron chi connectivity index (χ0n) is 12.9. The van der Waals surface area contributed by atoms with Gasteiger partial charge in [-0.15, -0.1) is 0 Å². The number of rotatable bonds is 2. The number of pyridine rings is 2. The molecule has 1 saturated heterocycles. The molecule has 1 aliphatic rings. The summed E-state index contributed by atoms with van der Waals surface area (Å²) >= 11 is 5.96. The topological polar surface area (TPSA) is 54.8 Å². The van der Waals surface area contributed by atoms with E-state index in [9.17, 15) is 4.39 Å². The fourth-order valence-electron chi connectivity index (χ4n) is 3.07. The predicted molar refractivity (Wildman–Crippen MR) is 90.7 cm³/mol. The van der Waals surface area contributed by atoms with E-state index in [2.05, 4.69) is 30.9 Å². The largest absolute Gasteiger partial charge is 0.341 e. The Labute approximate surface area is 143 Å². The van der Waals surface area contributed by atoms with Gasteiger partial charge < -0.3 is 4.90 Å². The Morgan fingerprint density at radius 3 is 2.54 bits per heavy atom. The Hall–Kier alpha value is -2.34. The maximum Gasteiger partial charge on any atom is 0.225 e. The monoisotopic (exact) mass is 343 g/mol. The molecule has 1 aliphatic heterocycles. The van der Waals surface area contributed by atoms with Crippen molar-refractivity contribution in [3.8, 4) is 0 Å². The number of piperidine rings is 1. The van der Waals surface area contributed by atoms with E-state index in [1.807, 2.05) is 12.1 Å². The number of halogens is 2. The smallest absolute Gasteiger partial charge is 0.225 e. The van der Waals surface area contributed by atoms with Gasteiger partial charge in [0.25, 0.3) is 0 Å². The van der Waals surface area contributed by atoms with Crippen LogP contribution in [-0.4, -0.2) is 33.0 Å². The molecule has 0 aliphatic carbocycles. The van der Waals surface area contributed by atoms with Crippen LogP contribution in [0.3, 0.4) is 0 Å². The van der Waals surface area contributed by atoms with Gasteiger partial charge in [-0.1, -0.05) is 11.6 Å². The van der Waals surface area contributed by atoms with Crippen LogP contribution in [0.1, 0.15) is 24.5 Å². The van der Waals surface area contributed by atoms with Crippen LogP contribution in [-0.2, 0) is 0 Å².